The van der Waals surface area contributed by atoms with Gasteiger partial charge in [-0.25, -0.2) is 18.1 Å². The van der Waals surface area contributed by atoms with E-state index in [0.29, 0.717) is 10.6 Å². The Hall–Kier alpha value is -0.850. The second kappa shape index (κ2) is 6.28. The summed E-state index contributed by atoms with van der Waals surface area (Å²) < 4.78 is 26.6. The van der Waals surface area contributed by atoms with Gasteiger partial charge in [-0.15, -0.1) is 0 Å². The third kappa shape index (κ3) is 3.62. The molecule has 0 fully saturated rings. The van der Waals surface area contributed by atoms with E-state index < -0.39 is 10.0 Å². The highest BCUT2D eigenvalue weighted by Gasteiger charge is 2.16. The molecule has 0 aliphatic heterocycles. The molecule has 0 saturated heterocycles. The fourth-order valence-corrected chi connectivity index (χ4v) is 2.96. The zero-order valence-electron chi connectivity index (χ0n) is 9.98. The molecule has 0 aliphatic rings. The molecule has 0 bridgehead atoms. The second-order valence-electron chi connectivity index (χ2n) is 3.86. The topological polar surface area (TPSA) is 59.1 Å². The first kappa shape index (κ1) is 15.5. The van der Waals surface area contributed by atoms with Crippen molar-refractivity contribution in [3.8, 4) is 0 Å². The number of sulfonamides is 1. The molecule has 2 aromatic rings. The lowest BCUT2D eigenvalue weighted by molar-refractivity contribution is 0.581. The van der Waals surface area contributed by atoms with Gasteiger partial charge in [0.1, 0.15) is 10.0 Å². The maximum Gasteiger partial charge on any atom is 0.242 e. The molecular formula is C12H9Cl3N2O2S. The Bertz CT molecular complexity index is 735. The molecule has 0 radical (unpaired) electrons. The summed E-state index contributed by atoms with van der Waals surface area (Å²) in [6.07, 6.45) is 1.14. The first-order valence-electron chi connectivity index (χ1n) is 5.44. The summed E-state index contributed by atoms with van der Waals surface area (Å²) in [6, 6.07) is 8.20. The summed E-state index contributed by atoms with van der Waals surface area (Å²) in [5.41, 5.74) is 0.672. The first-order chi connectivity index (χ1) is 9.40. The lowest BCUT2D eigenvalue weighted by Crippen LogP contribution is -2.23. The third-order valence-electron chi connectivity index (χ3n) is 2.49. The average Bonchev–Trinajstić information content (AvgIpc) is 2.41. The van der Waals surface area contributed by atoms with Crippen molar-refractivity contribution < 1.29 is 8.42 Å². The van der Waals surface area contributed by atoms with Gasteiger partial charge in [0.05, 0.1) is 5.02 Å². The van der Waals surface area contributed by atoms with Crippen LogP contribution in [-0.2, 0) is 16.6 Å². The number of nitrogens with one attached hydrogen (secondary N) is 1. The SMILES string of the molecule is O=S(=O)(NCc1ccccc1Cl)c1cnc(Cl)c(Cl)c1. The molecule has 1 aromatic carbocycles. The van der Waals surface area contributed by atoms with Gasteiger partial charge in [-0.05, 0) is 17.7 Å². The Morgan fingerprint density at radius 2 is 1.80 bits per heavy atom. The van der Waals surface area contributed by atoms with Crippen LogP contribution in [0.2, 0.25) is 15.2 Å². The van der Waals surface area contributed by atoms with E-state index in [4.69, 9.17) is 34.8 Å². The Balaban J connectivity index is 2.19. The normalized spacial score (nSPS) is 11.6. The molecule has 106 valence electrons. The molecule has 8 heteroatoms. The van der Waals surface area contributed by atoms with Crippen molar-refractivity contribution in [3.05, 3.63) is 57.3 Å². The van der Waals surface area contributed by atoms with E-state index in [-0.39, 0.29) is 21.6 Å². The Kier molecular flexibility index (Phi) is 4.88. The maximum absolute atomic E-state index is 12.1. The number of nitrogens with zero attached hydrogens (tertiary/aromatic N) is 1. The second-order valence-corrected chi connectivity index (χ2v) is 6.80. The van der Waals surface area contributed by atoms with Crippen molar-refractivity contribution >= 4 is 44.8 Å². The number of aromatic nitrogens is 1. The van der Waals surface area contributed by atoms with Crippen molar-refractivity contribution in [3.63, 3.8) is 0 Å². The third-order valence-corrected chi connectivity index (χ3v) is 4.91. The maximum atomic E-state index is 12.1. The molecular weight excluding hydrogens is 343 g/mol. The van der Waals surface area contributed by atoms with Gasteiger partial charge in [-0.3, -0.25) is 0 Å². The molecule has 0 atom stereocenters. The van der Waals surface area contributed by atoms with Gasteiger partial charge >= 0.3 is 0 Å². The van der Waals surface area contributed by atoms with Crippen LogP contribution in [0, 0.1) is 0 Å². The lowest BCUT2D eigenvalue weighted by atomic mass is 10.2. The highest BCUT2D eigenvalue weighted by atomic mass is 35.5. The molecule has 0 unspecified atom stereocenters. The van der Waals surface area contributed by atoms with Gasteiger partial charge in [0.2, 0.25) is 10.0 Å². The highest BCUT2D eigenvalue weighted by molar-refractivity contribution is 7.89. The van der Waals surface area contributed by atoms with Crippen molar-refractivity contribution in [1.29, 1.82) is 0 Å². The van der Waals surface area contributed by atoms with Crippen LogP contribution in [0.1, 0.15) is 5.56 Å². The fourth-order valence-electron chi connectivity index (χ4n) is 1.45. The molecule has 1 N–H and O–H groups in total. The van der Waals surface area contributed by atoms with Gasteiger partial charge in [0, 0.05) is 17.8 Å². The number of hydrogen-bond acceptors (Lipinski definition) is 3. The van der Waals surface area contributed by atoms with E-state index in [0.717, 1.165) is 6.20 Å². The van der Waals surface area contributed by atoms with Crippen LogP contribution < -0.4 is 4.72 Å². The van der Waals surface area contributed by atoms with Crippen LogP contribution in [0.3, 0.4) is 0 Å². The molecule has 20 heavy (non-hydrogen) atoms. The van der Waals surface area contributed by atoms with Gasteiger partial charge < -0.3 is 0 Å². The number of hydrogen-bond donors (Lipinski definition) is 1. The van der Waals surface area contributed by atoms with Gasteiger partial charge in [-0.2, -0.15) is 0 Å². The number of pyridine rings is 1. The summed E-state index contributed by atoms with van der Waals surface area (Å²) in [6.45, 7) is 0.0717. The van der Waals surface area contributed by atoms with Crippen molar-refractivity contribution in [2.75, 3.05) is 0 Å². The van der Waals surface area contributed by atoms with Crippen LogP contribution in [0.25, 0.3) is 0 Å². The summed E-state index contributed by atoms with van der Waals surface area (Å²) in [4.78, 5) is 3.65. The standard InChI is InChI=1S/C12H9Cl3N2O2S/c13-10-4-2-1-3-8(10)6-17-20(18,19)9-5-11(14)12(15)16-7-9/h1-5,7,17H,6H2. The lowest BCUT2D eigenvalue weighted by Gasteiger charge is -2.08. The molecule has 0 aliphatic carbocycles. The van der Waals surface area contributed by atoms with E-state index in [1.807, 2.05) is 0 Å². The number of benzene rings is 1. The van der Waals surface area contributed by atoms with E-state index >= 15 is 0 Å². The number of halogens is 3. The summed E-state index contributed by atoms with van der Waals surface area (Å²) in [5.74, 6) is 0. The molecule has 4 nitrogen and oxygen atoms in total. The van der Waals surface area contributed by atoms with Gasteiger partial charge in [0.25, 0.3) is 0 Å². The van der Waals surface area contributed by atoms with E-state index in [1.54, 1.807) is 24.3 Å². The molecule has 0 saturated carbocycles. The summed E-state index contributed by atoms with van der Waals surface area (Å²) in [5, 5.41) is 0.617. The molecule has 0 spiro atoms. The highest BCUT2D eigenvalue weighted by Crippen LogP contribution is 2.22. The van der Waals surface area contributed by atoms with Crippen LogP contribution in [0.4, 0.5) is 0 Å². The van der Waals surface area contributed by atoms with Crippen LogP contribution in [0.15, 0.2) is 41.4 Å². The van der Waals surface area contributed by atoms with Crippen LogP contribution in [0.5, 0.6) is 0 Å². The zero-order valence-corrected chi connectivity index (χ0v) is 13.1. The predicted molar refractivity (Wildman–Crippen MR) is 79.7 cm³/mol. The van der Waals surface area contributed by atoms with Crippen molar-refractivity contribution in [1.82, 2.24) is 9.71 Å². The molecule has 1 heterocycles. The average molecular weight is 352 g/mol. The predicted octanol–water partition coefficient (Wildman–Crippen LogP) is 3.52. The quantitative estimate of drug-likeness (QED) is 0.857. The van der Waals surface area contributed by atoms with Crippen LogP contribution in [-0.4, -0.2) is 13.4 Å². The minimum absolute atomic E-state index is 0.0525. The zero-order chi connectivity index (χ0) is 14.8. The molecule has 0 amide bonds. The monoisotopic (exact) mass is 350 g/mol. The summed E-state index contributed by atoms with van der Waals surface area (Å²) >= 11 is 17.4. The Labute approximate surface area is 131 Å². The minimum atomic E-state index is -3.73. The van der Waals surface area contributed by atoms with E-state index in [9.17, 15) is 8.42 Å². The molecule has 1 aromatic heterocycles. The van der Waals surface area contributed by atoms with Crippen LogP contribution >= 0.6 is 34.8 Å². The van der Waals surface area contributed by atoms with Crippen molar-refractivity contribution in [2.24, 2.45) is 0 Å². The van der Waals surface area contributed by atoms with Crippen molar-refractivity contribution in [2.45, 2.75) is 11.4 Å². The number of rotatable bonds is 4. The first-order valence-corrected chi connectivity index (χ1v) is 8.06. The minimum Gasteiger partial charge on any atom is -0.242 e. The van der Waals surface area contributed by atoms with Gasteiger partial charge in [-0.1, -0.05) is 53.0 Å². The Morgan fingerprint density at radius 1 is 1.10 bits per heavy atom. The van der Waals surface area contributed by atoms with E-state index in [1.165, 1.54) is 6.07 Å². The van der Waals surface area contributed by atoms with E-state index in [2.05, 4.69) is 9.71 Å². The smallest absolute Gasteiger partial charge is 0.242 e. The fraction of sp³-hybridized carbons (Fsp3) is 0.0833. The largest absolute Gasteiger partial charge is 0.242 e. The molecule has 2 rings (SSSR count). The van der Waals surface area contributed by atoms with Gasteiger partial charge in [0.15, 0.2) is 0 Å². The Morgan fingerprint density at radius 3 is 2.45 bits per heavy atom. The summed E-state index contributed by atoms with van der Waals surface area (Å²) in [7, 11) is -3.73.